The molecule has 0 aromatic heterocycles. The molecule has 0 spiro atoms. The molecular weight excluding hydrogens is 376 g/mol. The summed E-state index contributed by atoms with van der Waals surface area (Å²) >= 11 is 9.17. The number of rotatable bonds is 4. The minimum atomic E-state index is -3.45. The third-order valence-corrected chi connectivity index (χ3v) is 7.31. The first-order valence-corrected chi connectivity index (χ1v) is 9.88. The molecule has 1 aliphatic carbocycles. The summed E-state index contributed by atoms with van der Waals surface area (Å²) in [6.07, 6.45) is 2.52. The number of alkyl halides is 1. The van der Waals surface area contributed by atoms with Gasteiger partial charge in [0.1, 0.15) is 0 Å². The van der Waals surface area contributed by atoms with Crippen LogP contribution in [0.1, 0.15) is 18.4 Å². The van der Waals surface area contributed by atoms with E-state index in [1.165, 1.54) is 12.8 Å². The minimum absolute atomic E-state index is 0.311. The molecule has 1 heterocycles. The van der Waals surface area contributed by atoms with Crippen LogP contribution < -0.4 is 0 Å². The zero-order chi connectivity index (χ0) is 15.0. The molecule has 1 saturated carbocycles. The van der Waals surface area contributed by atoms with Crippen molar-refractivity contribution in [2.45, 2.75) is 29.7 Å². The smallest absolute Gasteiger partial charge is 0.244 e. The van der Waals surface area contributed by atoms with Crippen LogP contribution in [0.5, 0.6) is 0 Å². The molecule has 2 fully saturated rings. The number of halogens is 2. The number of piperazine rings is 1. The Morgan fingerprint density at radius 1 is 1.19 bits per heavy atom. The van der Waals surface area contributed by atoms with E-state index in [0.29, 0.717) is 34.4 Å². The lowest BCUT2D eigenvalue weighted by molar-refractivity contribution is 0.180. The molecule has 3 rings (SSSR count). The molecule has 7 heteroatoms. The lowest BCUT2D eigenvalue weighted by Gasteiger charge is -2.34. The summed E-state index contributed by atoms with van der Waals surface area (Å²) < 4.78 is 27.8. The van der Waals surface area contributed by atoms with Crippen molar-refractivity contribution in [3.05, 3.63) is 28.2 Å². The van der Waals surface area contributed by atoms with E-state index < -0.39 is 10.0 Å². The maximum atomic E-state index is 12.8. The Bertz CT molecular complexity index is 626. The van der Waals surface area contributed by atoms with Gasteiger partial charge in [0.2, 0.25) is 10.0 Å². The van der Waals surface area contributed by atoms with Crippen LogP contribution in [-0.2, 0) is 15.9 Å². The fourth-order valence-electron chi connectivity index (χ4n) is 2.72. The van der Waals surface area contributed by atoms with Crippen LogP contribution in [0.3, 0.4) is 0 Å². The van der Waals surface area contributed by atoms with Crippen LogP contribution >= 0.6 is 27.5 Å². The lowest BCUT2D eigenvalue weighted by Crippen LogP contribution is -2.49. The van der Waals surface area contributed by atoms with Gasteiger partial charge in [-0.05, 0) is 46.5 Å². The molecule has 1 saturated heterocycles. The van der Waals surface area contributed by atoms with Gasteiger partial charge in [-0.3, -0.25) is 4.90 Å². The first-order chi connectivity index (χ1) is 10.0. The molecule has 2 aliphatic rings. The molecule has 21 heavy (non-hydrogen) atoms. The van der Waals surface area contributed by atoms with Crippen LogP contribution in [-0.4, -0.2) is 49.8 Å². The predicted molar refractivity (Wildman–Crippen MR) is 87.1 cm³/mol. The molecule has 0 N–H and O–H groups in total. The Morgan fingerprint density at radius 2 is 1.86 bits per heavy atom. The van der Waals surface area contributed by atoms with Crippen LogP contribution in [0.15, 0.2) is 27.6 Å². The maximum Gasteiger partial charge on any atom is 0.244 e. The standard InChI is InChI=1S/C14H18BrClN2O2S/c15-13-4-1-11(10-16)9-14(13)21(19,20)18-7-5-17(6-8-18)12-2-3-12/h1,4,9,12H,2-3,5-8,10H2. The highest BCUT2D eigenvalue weighted by Crippen LogP contribution is 2.30. The number of nitrogens with zero attached hydrogens (tertiary/aromatic N) is 2. The van der Waals surface area contributed by atoms with Crippen molar-refractivity contribution >= 4 is 37.6 Å². The summed E-state index contributed by atoms with van der Waals surface area (Å²) in [5.74, 6) is 0.311. The van der Waals surface area contributed by atoms with Crippen LogP contribution in [0.2, 0.25) is 0 Å². The zero-order valence-electron chi connectivity index (χ0n) is 11.6. The van der Waals surface area contributed by atoms with Gasteiger partial charge in [0.15, 0.2) is 0 Å². The summed E-state index contributed by atoms with van der Waals surface area (Å²) in [5, 5.41) is 0. The van der Waals surface area contributed by atoms with E-state index in [9.17, 15) is 8.42 Å². The summed E-state index contributed by atoms with van der Waals surface area (Å²) in [5.41, 5.74) is 0.815. The average Bonchev–Trinajstić information content (AvgIpc) is 3.32. The number of benzene rings is 1. The Balaban J connectivity index is 1.80. The molecule has 116 valence electrons. The highest BCUT2D eigenvalue weighted by atomic mass is 79.9. The first kappa shape index (κ1) is 15.7. The van der Waals surface area contributed by atoms with Gasteiger partial charge in [0, 0.05) is 42.6 Å². The van der Waals surface area contributed by atoms with Crippen molar-refractivity contribution in [1.29, 1.82) is 0 Å². The van der Waals surface area contributed by atoms with Crippen molar-refractivity contribution in [2.24, 2.45) is 0 Å². The van der Waals surface area contributed by atoms with Crippen molar-refractivity contribution in [2.75, 3.05) is 26.2 Å². The number of hydrogen-bond donors (Lipinski definition) is 0. The van der Waals surface area contributed by atoms with E-state index in [1.807, 2.05) is 6.07 Å². The highest BCUT2D eigenvalue weighted by molar-refractivity contribution is 9.10. The Morgan fingerprint density at radius 3 is 2.43 bits per heavy atom. The van der Waals surface area contributed by atoms with Crippen LogP contribution in [0.25, 0.3) is 0 Å². The van der Waals surface area contributed by atoms with Gasteiger partial charge >= 0.3 is 0 Å². The second-order valence-electron chi connectivity index (χ2n) is 5.57. The Kier molecular flexibility index (Phi) is 4.62. The second-order valence-corrected chi connectivity index (χ2v) is 8.60. The second kappa shape index (κ2) is 6.16. The normalized spacial score (nSPS) is 21.6. The molecule has 0 amide bonds. The molecule has 0 radical (unpaired) electrons. The monoisotopic (exact) mass is 392 g/mol. The SMILES string of the molecule is O=S(=O)(c1cc(CCl)ccc1Br)N1CCN(C2CC2)CC1. The fraction of sp³-hybridized carbons (Fsp3) is 0.571. The maximum absolute atomic E-state index is 12.8. The number of sulfonamides is 1. The first-order valence-electron chi connectivity index (χ1n) is 7.11. The van der Waals surface area contributed by atoms with E-state index in [-0.39, 0.29) is 0 Å². The molecule has 0 bridgehead atoms. The van der Waals surface area contributed by atoms with Gasteiger partial charge in [-0.15, -0.1) is 11.6 Å². The van der Waals surface area contributed by atoms with Crippen LogP contribution in [0.4, 0.5) is 0 Å². The molecule has 0 unspecified atom stereocenters. The predicted octanol–water partition coefficient (Wildman–Crippen LogP) is 2.66. The van der Waals surface area contributed by atoms with E-state index in [0.717, 1.165) is 18.7 Å². The van der Waals surface area contributed by atoms with Crippen LogP contribution in [0, 0.1) is 0 Å². The van der Waals surface area contributed by atoms with E-state index in [2.05, 4.69) is 20.8 Å². The minimum Gasteiger partial charge on any atom is -0.298 e. The Hall–Kier alpha value is -0.140. The topological polar surface area (TPSA) is 40.6 Å². The van der Waals surface area contributed by atoms with Gasteiger partial charge in [0.25, 0.3) is 0 Å². The van der Waals surface area contributed by atoms with Crippen molar-refractivity contribution < 1.29 is 8.42 Å². The fourth-order valence-corrected chi connectivity index (χ4v) is 5.28. The average molecular weight is 394 g/mol. The van der Waals surface area contributed by atoms with Crippen molar-refractivity contribution in [1.82, 2.24) is 9.21 Å². The van der Waals surface area contributed by atoms with Gasteiger partial charge in [-0.25, -0.2) is 8.42 Å². The molecule has 1 aliphatic heterocycles. The van der Waals surface area contributed by atoms with Gasteiger partial charge < -0.3 is 0 Å². The molecule has 0 atom stereocenters. The Labute approximate surface area is 139 Å². The van der Waals surface area contributed by atoms with Gasteiger partial charge in [-0.2, -0.15) is 4.31 Å². The summed E-state index contributed by atoms with van der Waals surface area (Å²) in [6.45, 7) is 2.79. The molecular formula is C14H18BrClN2O2S. The largest absolute Gasteiger partial charge is 0.298 e. The summed E-state index contributed by atoms with van der Waals surface area (Å²) in [7, 11) is -3.45. The van der Waals surface area contributed by atoms with E-state index >= 15 is 0 Å². The quantitative estimate of drug-likeness (QED) is 0.738. The van der Waals surface area contributed by atoms with Crippen molar-refractivity contribution in [3.8, 4) is 0 Å². The van der Waals surface area contributed by atoms with Crippen molar-refractivity contribution in [3.63, 3.8) is 0 Å². The summed E-state index contributed by atoms with van der Waals surface area (Å²) in [6, 6.07) is 5.95. The lowest BCUT2D eigenvalue weighted by atomic mass is 10.2. The molecule has 4 nitrogen and oxygen atoms in total. The third-order valence-electron chi connectivity index (χ3n) is 4.10. The molecule has 1 aromatic rings. The highest BCUT2D eigenvalue weighted by Gasteiger charge is 2.35. The van der Waals surface area contributed by atoms with Gasteiger partial charge in [0.05, 0.1) is 4.90 Å². The van der Waals surface area contributed by atoms with Gasteiger partial charge in [-0.1, -0.05) is 6.07 Å². The number of hydrogen-bond acceptors (Lipinski definition) is 3. The van der Waals surface area contributed by atoms with E-state index in [1.54, 1.807) is 16.4 Å². The van der Waals surface area contributed by atoms with E-state index in [4.69, 9.17) is 11.6 Å². The zero-order valence-corrected chi connectivity index (χ0v) is 14.8. The molecule has 1 aromatic carbocycles. The third kappa shape index (κ3) is 3.29. The summed E-state index contributed by atoms with van der Waals surface area (Å²) in [4.78, 5) is 2.72.